The second-order valence-corrected chi connectivity index (χ2v) is 4.05. The molecule has 7 nitrogen and oxygen atoms in total. The summed E-state index contributed by atoms with van der Waals surface area (Å²) in [5, 5.41) is 11.5. The lowest BCUT2D eigenvalue weighted by molar-refractivity contribution is 0.0483. The lowest BCUT2D eigenvalue weighted by Crippen LogP contribution is -2.15. The first-order chi connectivity index (χ1) is 9.77. The van der Waals surface area contributed by atoms with Gasteiger partial charge in [0, 0.05) is 26.5 Å². The first-order valence-corrected chi connectivity index (χ1v) is 6.35. The van der Waals surface area contributed by atoms with Gasteiger partial charge in [-0.3, -0.25) is 4.98 Å². The van der Waals surface area contributed by atoms with E-state index < -0.39 is 0 Å². The Hall–Kier alpha value is -1.70. The van der Waals surface area contributed by atoms with Gasteiger partial charge in [-0.1, -0.05) is 5.16 Å². The van der Waals surface area contributed by atoms with Gasteiger partial charge in [-0.2, -0.15) is 0 Å². The zero-order valence-corrected chi connectivity index (χ0v) is 11.6. The van der Waals surface area contributed by atoms with E-state index in [1.165, 1.54) is 0 Å². The van der Waals surface area contributed by atoms with Crippen molar-refractivity contribution in [1.82, 2.24) is 4.98 Å². The van der Waals surface area contributed by atoms with Crippen LogP contribution in [0.15, 0.2) is 23.5 Å². The third-order valence-electron chi connectivity index (χ3n) is 2.47. The molecule has 0 amide bonds. The summed E-state index contributed by atoms with van der Waals surface area (Å²) in [7, 11) is 1.64. The fourth-order valence-corrected chi connectivity index (χ4v) is 1.45. The molecule has 0 saturated carbocycles. The van der Waals surface area contributed by atoms with Crippen LogP contribution in [0.1, 0.15) is 17.7 Å². The first-order valence-electron chi connectivity index (χ1n) is 6.35. The van der Waals surface area contributed by atoms with Crippen LogP contribution in [0.2, 0.25) is 0 Å². The Morgan fingerprint density at radius 3 is 2.85 bits per heavy atom. The molecular formula is C13H21N3O4. The SMILES string of the molecule is COCCOCCCOCc1ccnc(/C(N)=N/O)c1. The highest BCUT2D eigenvalue weighted by atomic mass is 16.5. The molecule has 112 valence electrons. The number of ether oxygens (including phenoxy) is 3. The molecule has 0 aliphatic heterocycles. The molecule has 0 atom stereocenters. The highest BCUT2D eigenvalue weighted by Gasteiger charge is 2.02. The molecule has 0 saturated heterocycles. The van der Waals surface area contributed by atoms with E-state index in [9.17, 15) is 0 Å². The molecule has 0 aromatic carbocycles. The van der Waals surface area contributed by atoms with E-state index in [1.807, 2.05) is 6.07 Å². The van der Waals surface area contributed by atoms with Gasteiger partial charge >= 0.3 is 0 Å². The third-order valence-corrected chi connectivity index (χ3v) is 2.47. The summed E-state index contributed by atoms with van der Waals surface area (Å²) in [6.45, 7) is 2.91. The lowest BCUT2D eigenvalue weighted by Gasteiger charge is -2.06. The van der Waals surface area contributed by atoms with Crippen LogP contribution in [0, 0.1) is 0 Å². The average molecular weight is 283 g/mol. The minimum Gasteiger partial charge on any atom is -0.409 e. The Labute approximate surface area is 118 Å². The van der Waals surface area contributed by atoms with E-state index in [0.717, 1.165) is 12.0 Å². The number of rotatable bonds is 10. The number of nitrogens with zero attached hydrogens (tertiary/aromatic N) is 2. The summed E-state index contributed by atoms with van der Waals surface area (Å²) in [6, 6.07) is 3.55. The highest BCUT2D eigenvalue weighted by molar-refractivity contribution is 5.95. The maximum absolute atomic E-state index is 8.58. The first kappa shape index (κ1) is 16.4. The van der Waals surface area contributed by atoms with Crippen molar-refractivity contribution in [2.24, 2.45) is 10.9 Å². The molecule has 0 bridgehead atoms. The average Bonchev–Trinajstić information content (AvgIpc) is 2.49. The summed E-state index contributed by atoms with van der Waals surface area (Å²) in [5.41, 5.74) is 6.81. The molecular weight excluding hydrogens is 262 g/mol. The fraction of sp³-hybridized carbons (Fsp3) is 0.538. The van der Waals surface area contributed by atoms with Gasteiger partial charge in [0.2, 0.25) is 0 Å². The Kier molecular flexibility index (Phi) is 8.28. The van der Waals surface area contributed by atoms with Crippen molar-refractivity contribution in [2.45, 2.75) is 13.0 Å². The van der Waals surface area contributed by atoms with Crippen molar-refractivity contribution in [3.8, 4) is 0 Å². The molecule has 1 rings (SSSR count). The second kappa shape index (κ2) is 10.1. The van der Waals surface area contributed by atoms with Crippen LogP contribution < -0.4 is 5.73 Å². The summed E-state index contributed by atoms with van der Waals surface area (Å²) in [4.78, 5) is 3.99. The molecule has 0 radical (unpaired) electrons. The molecule has 0 aliphatic rings. The summed E-state index contributed by atoms with van der Waals surface area (Å²) in [5.74, 6) is -0.0154. The Morgan fingerprint density at radius 2 is 2.10 bits per heavy atom. The zero-order chi connectivity index (χ0) is 14.6. The van der Waals surface area contributed by atoms with E-state index in [4.69, 9.17) is 25.2 Å². The zero-order valence-electron chi connectivity index (χ0n) is 11.6. The number of amidine groups is 1. The molecule has 0 spiro atoms. The predicted octanol–water partition coefficient (Wildman–Crippen LogP) is 0.746. The topological polar surface area (TPSA) is 99.2 Å². The van der Waals surface area contributed by atoms with E-state index in [2.05, 4.69) is 10.1 Å². The van der Waals surface area contributed by atoms with Crippen LogP contribution in [-0.2, 0) is 20.8 Å². The van der Waals surface area contributed by atoms with Gasteiger partial charge < -0.3 is 25.2 Å². The highest BCUT2D eigenvalue weighted by Crippen LogP contribution is 2.04. The third kappa shape index (κ3) is 6.46. The quantitative estimate of drug-likeness (QED) is 0.216. The Morgan fingerprint density at radius 1 is 1.30 bits per heavy atom. The van der Waals surface area contributed by atoms with Gasteiger partial charge in [-0.15, -0.1) is 0 Å². The molecule has 20 heavy (non-hydrogen) atoms. The minimum absolute atomic E-state index is 0.0154. The van der Waals surface area contributed by atoms with Gasteiger partial charge in [0.25, 0.3) is 0 Å². The van der Waals surface area contributed by atoms with Crippen LogP contribution in [0.5, 0.6) is 0 Å². The number of oxime groups is 1. The molecule has 0 fully saturated rings. The number of nitrogens with two attached hydrogens (primary N) is 1. The van der Waals surface area contributed by atoms with Crippen LogP contribution in [-0.4, -0.2) is 49.6 Å². The monoisotopic (exact) mass is 283 g/mol. The van der Waals surface area contributed by atoms with Crippen LogP contribution in [0.4, 0.5) is 0 Å². The van der Waals surface area contributed by atoms with Crippen LogP contribution in [0.3, 0.4) is 0 Å². The van der Waals surface area contributed by atoms with Gasteiger partial charge in [-0.25, -0.2) is 0 Å². The predicted molar refractivity (Wildman–Crippen MR) is 73.7 cm³/mol. The normalized spacial score (nSPS) is 11.8. The molecule has 1 aromatic rings. The number of methoxy groups -OCH3 is 1. The van der Waals surface area contributed by atoms with Gasteiger partial charge in [0.15, 0.2) is 5.84 Å². The van der Waals surface area contributed by atoms with Crippen molar-refractivity contribution in [2.75, 3.05) is 33.5 Å². The standard InChI is InChI=1S/C13H21N3O4/c1-18-7-8-19-5-2-6-20-10-11-3-4-15-12(9-11)13(14)16-17/h3-4,9,17H,2,5-8,10H2,1H3,(H2,14,16). The van der Waals surface area contributed by atoms with E-state index in [0.29, 0.717) is 38.7 Å². The van der Waals surface area contributed by atoms with E-state index in [-0.39, 0.29) is 5.84 Å². The van der Waals surface area contributed by atoms with E-state index in [1.54, 1.807) is 19.4 Å². The summed E-state index contributed by atoms with van der Waals surface area (Å²) >= 11 is 0. The van der Waals surface area contributed by atoms with Gasteiger partial charge in [-0.05, 0) is 24.1 Å². The summed E-state index contributed by atoms with van der Waals surface area (Å²) < 4.78 is 15.7. The maximum Gasteiger partial charge on any atom is 0.188 e. The van der Waals surface area contributed by atoms with Crippen molar-refractivity contribution in [3.05, 3.63) is 29.6 Å². The molecule has 1 aromatic heterocycles. The Bertz CT molecular complexity index is 412. The molecule has 0 aliphatic carbocycles. The summed E-state index contributed by atoms with van der Waals surface area (Å²) in [6.07, 6.45) is 2.42. The van der Waals surface area contributed by atoms with Gasteiger partial charge in [0.05, 0.1) is 19.8 Å². The maximum atomic E-state index is 8.58. The van der Waals surface area contributed by atoms with Crippen molar-refractivity contribution < 1.29 is 19.4 Å². The Balaban J connectivity index is 2.19. The van der Waals surface area contributed by atoms with Crippen molar-refractivity contribution in [3.63, 3.8) is 0 Å². The van der Waals surface area contributed by atoms with Gasteiger partial charge in [0.1, 0.15) is 5.69 Å². The molecule has 3 N–H and O–H groups in total. The lowest BCUT2D eigenvalue weighted by atomic mass is 10.2. The van der Waals surface area contributed by atoms with Crippen molar-refractivity contribution >= 4 is 5.84 Å². The fourth-order valence-electron chi connectivity index (χ4n) is 1.45. The van der Waals surface area contributed by atoms with Crippen LogP contribution >= 0.6 is 0 Å². The number of pyridine rings is 1. The van der Waals surface area contributed by atoms with Crippen molar-refractivity contribution in [1.29, 1.82) is 0 Å². The molecule has 7 heteroatoms. The molecule has 1 heterocycles. The smallest absolute Gasteiger partial charge is 0.188 e. The largest absolute Gasteiger partial charge is 0.409 e. The molecule has 0 unspecified atom stereocenters. The number of hydrogen-bond acceptors (Lipinski definition) is 6. The minimum atomic E-state index is -0.0154. The second-order valence-electron chi connectivity index (χ2n) is 4.05. The van der Waals surface area contributed by atoms with Crippen LogP contribution in [0.25, 0.3) is 0 Å². The van der Waals surface area contributed by atoms with E-state index >= 15 is 0 Å². The number of aromatic nitrogens is 1. The number of hydrogen-bond donors (Lipinski definition) is 2.